The summed E-state index contributed by atoms with van der Waals surface area (Å²) < 4.78 is 5.61. The van der Waals surface area contributed by atoms with E-state index in [4.69, 9.17) is 4.74 Å². The average molecular weight is 278 g/mol. The number of ether oxygens (including phenoxy) is 1. The van der Waals surface area contributed by atoms with Crippen molar-refractivity contribution in [3.05, 3.63) is 21.9 Å². The van der Waals surface area contributed by atoms with Crippen LogP contribution in [0.1, 0.15) is 61.3 Å². The number of carbonyl (C=O) groups is 1. The van der Waals surface area contributed by atoms with Crippen LogP contribution in [0.2, 0.25) is 0 Å². The number of carbonyl (C=O) groups excluding carboxylic acids is 1. The maximum absolute atomic E-state index is 12.4. The van der Waals surface area contributed by atoms with Crippen molar-refractivity contribution < 1.29 is 9.53 Å². The van der Waals surface area contributed by atoms with Gasteiger partial charge in [0.25, 0.3) is 0 Å². The minimum Gasteiger partial charge on any atom is -0.378 e. The van der Waals surface area contributed by atoms with Crippen molar-refractivity contribution in [1.29, 1.82) is 0 Å². The number of fused-ring (bicyclic) bond motifs is 1. The third-order valence-corrected chi connectivity index (χ3v) is 5.41. The molecule has 104 valence electrons. The molecule has 1 aromatic rings. The summed E-state index contributed by atoms with van der Waals surface area (Å²) in [4.78, 5) is 13.8. The summed E-state index contributed by atoms with van der Waals surface area (Å²) in [5.41, 5.74) is 1.33. The van der Waals surface area contributed by atoms with E-state index in [9.17, 15) is 4.79 Å². The predicted octanol–water partition coefficient (Wildman–Crippen LogP) is 4.09. The van der Waals surface area contributed by atoms with Crippen LogP contribution in [0.25, 0.3) is 0 Å². The lowest BCUT2D eigenvalue weighted by atomic mass is 9.83. The van der Waals surface area contributed by atoms with Crippen LogP contribution in [0.4, 0.5) is 0 Å². The zero-order chi connectivity index (χ0) is 13.1. The Balaban J connectivity index is 1.51. The summed E-state index contributed by atoms with van der Waals surface area (Å²) in [6.07, 6.45) is 9.01. The van der Waals surface area contributed by atoms with E-state index in [0.29, 0.717) is 11.9 Å². The molecule has 2 heterocycles. The Kier molecular flexibility index (Phi) is 4.34. The van der Waals surface area contributed by atoms with E-state index in [1.165, 1.54) is 36.1 Å². The van der Waals surface area contributed by atoms with Gasteiger partial charge >= 0.3 is 0 Å². The molecule has 1 fully saturated rings. The lowest BCUT2D eigenvalue weighted by Crippen LogP contribution is -2.17. The summed E-state index contributed by atoms with van der Waals surface area (Å²) in [6, 6.07) is 2.17. The number of rotatable bonds is 5. The summed E-state index contributed by atoms with van der Waals surface area (Å²) in [6.45, 7) is 0.916. The van der Waals surface area contributed by atoms with Crippen molar-refractivity contribution in [1.82, 2.24) is 0 Å². The Morgan fingerprint density at radius 1 is 1.37 bits per heavy atom. The molecule has 0 bridgehead atoms. The van der Waals surface area contributed by atoms with Gasteiger partial charge in [-0.25, -0.2) is 0 Å². The zero-order valence-corrected chi connectivity index (χ0v) is 12.2. The molecule has 1 saturated heterocycles. The molecule has 1 aliphatic heterocycles. The number of hydrogen-bond donors (Lipinski definition) is 0. The third-order valence-electron chi connectivity index (χ3n) is 4.41. The van der Waals surface area contributed by atoms with E-state index < -0.39 is 0 Å². The van der Waals surface area contributed by atoms with Crippen molar-refractivity contribution >= 4 is 17.1 Å². The summed E-state index contributed by atoms with van der Waals surface area (Å²) >= 11 is 1.82. The number of ketones is 1. The highest BCUT2D eigenvalue weighted by molar-refractivity contribution is 7.10. The minimum atomic E-state index is 0.194. The minimum absolute atomic E-state index is 0.194. The Labute approximate surface area is 119 Å². The quantitative estimate of drug-likeness (QED) is 0.811. The van der Waals surface area contributed by atoms with Crippen molar-refractivity contribution in [2.75, 3.05) is 6.61 Å². The first-order valence-corrected chi connectivity index (χ1v) is 8.43. The second-order valence-corrected chi connectivity index (χ2v) is 6.74. The number of hydrogen-bond acceptors (Lipinski definition) is 3. The summed E-state index contributed by atoms with van der Waals surface area (Å²) in [5, 5.41) is 2.14. The lowest BCUT2D eigenvalue weighted by Gasteiger charge is -2.21. The molecule has 0 saturated carbocycles. The molecule has 0 spiro atoms. The van der Waals surface area contributed by atoms with Gasteiger partial charge in [0.2, 0.25) is 0 Å². The van der Waals surface area contributed by atoms with Gasteiger partial charge in [-0.2, -0.15) is 0 Å². The van der Waals surface area contributed by atoms with E-state index >= 15 is 0 Å². The molecule has 2 nitrogen and oxygen atoms in total. The second kappa shape index (κ2) is 6.19. The second-order valence-electron chi connectivity index (χ2n) is 5.74. The van der Waals surface area contributed by atoms with Crippen LogP contribution < -0.4 is 0 Å². The van der Waals surface area contributed by atoms with Crippen LogP contribution in [0.3, 0.4) is 0 Å². The molecule has 0 aromatic carbocycles. The van der Waals surface area contributed by atoms with Crippen LogP contribution in [-0.4, -0.2) is 18.5 Å². The first-order valence-electron chi connectivity index (χ1n) is 7.55. The number of thiophene rings is 1. The fraction of sp³-hybridized carbons (Fsp3) is 0.688. The maximum Gasteiger partial charge on any atom is 0.140 e. The van der Waals surface area contributed by atoms with Crippen LogP contribution >= 0.6 is 11.3 Å². The van der Waals surface area contributed by atoms with Crippen LogP contribution in [0.15, 0.2) is 11.4 Å². The highest BCUT2D eigenvalue weighted by Gasteiger charge is 2.27. The monoisotopic (exact) mass is 278 g/mol. The van der Waals surface area contributed by atoms with Gasteiger partial charge in [0.15, 0.2) is 0 Å². The van der Waals surface area contributed by atoms with Crippen LogP contribution in [-0.2, 0) is 16.0 Å². The van der Waals surface area contributed by atoms with Gasteiger partial charge in [0.1, 0.15) is 5.78 Å². The largest absolute Gasteiger partial charge is 0.378 e. The lowest BCUT2D eigenvalue weighted by molar-refractivity contribution is -0.121. The highest BCUT2D eigenvalue weighted by Crippen LogP contribution is 2.36. The van der Waals surface area contributed by atoms with E-state index in [0.717, 1.165) is 32.3 Å². The number of aryl methyl sites for hydroxylation is 1. The molecular weight excluding hydrogens is 256 g/mol. The molecule has 0 amide bonds. The van der Waals surface area contributed by atoms with Crippen molar-refractivity contribution in [2.45, 2.75) is 63.4 Å². The first kappa shape index (κ1) is 13.3. The molecule has 2 aliphatic rings. The summed E-state index contributed by atoms with van der Waals surface area (Å²) in [7, 11) is 0. The standard InChI is InChI=1S/C16H22O2S/c17-15(7-1-4-12-5-3-10-18-12)13-6-2-8-16-14(13)9-11-19-16/h9,11-13H,1-8,10H2. The third kappa shape index (κ3) is 3.09. The SMILES string of the molecule is O=C(CCCC1CCCO1)C1CCCc2sccc21. The van der Waals surface area contributed by atoms with E-state index in [1.807, 2.05) is 11.3 Å². The molecule has 0 N–H and O–H groups in total. The van der Waals surface area contributed by atoms with Gasteiger partial charge in [0.05, 0.1) is 6.10 Å². The van der Waals surface area contributed by atoms with Gasteiger partial charge in [-0.15, -0.1) is 11.3 Å². The molecule has 3 heteroatoms. The molecule has 0 radical (unpaired) electrons. The molecule has 2 unspecified atom stereocenters. The van der Waals surface area contributed by atoms with Gasteiger partial charge in [-0.05, 0) is 62.0 Å². The van der Waals surface area contributed by atoms with E-state index in [-0.39, 0.29) is 5.92 Å². The topological polar surface area (TPSA) is 26.3 Å². The molecule has 2 atom stereocenters. The fourth-order valence-electron chi connectivity index (χ4n) is 3.37. The van der Waals surface area contributed by atoms with E-state index in [2.05, 4.69) is 11.4 Å². The Morgan fingerprint density at radius 2 is 2.32 bits per heavy atom. The molecule has 3 rings (SSSR count). The fourth-order valence-corrected chi connectivity index (χ4v) is 4.36. The predicted molar refractivity (Wildman–Crippen MR) is 77.8 cm³/mol. The Bertz CT molecular complexity index is 432. The van der Waals surface area contributed by atoms with Gasteiger partial charge in [-0.1, -0.05) is 0 Å². The average Bonchev–Trinajstić information content (AvgIpc) is 3.08. The van der Waals surface area contributed by atoms with Gasteiger partial charge < -0.3 is 4.74 Å². The van der Waals surface area contributed by atoms with Crippen molar-refractivity contribution in [3.8, 4) is 0 Å². The molecule has 19 heavy (non-hydrogen) atoms. The Morgan fingerprint density at radius 3 is 3.16 bits per heavy atom. The van der Waals surface area contributed by atoms with Crippen molar-refractivity contribution in [3.63, 3.8) is 0 Å². The highest BCUT2D eigenvalue weighted by atomic mass is 32.1. The van der Waals surface area contributed by atoms with E-state index in [1.54, 1.807) is 0 Å². The van der Waals surface area contributed by atoms with Crippen LogP contribution in [0.5, 0.6) is 0 Å². The Hall–Kier alpha value is -0.670. The molecular formula is C16H22O2S. The van der Waals surface area contributed by atoms with Crippen LogP contribution in [0, 0.1) is 0 Å². The smallest absolute Gasteiger partial charge is 0.140 e. The molecule has 1 aliphatic carbocycles. The van der Waals surface area contributed by atoms with Crippen molar-refractivity contribution in [2.24, 2.45) is 0 Å². The number of Topliss-reactive ketones (excluding diaryl/α,β-unsaturated/α-hetero) is 1. The van der Waals surface area contributed by atoms with Gasteiger partial charge in [-0.3, -0.25) is 4.79 Å². The maximum atomic E-state index is 12.4. The summed E-state index contributed by atoms with van der Waals surface area (Å²) in [5.74, 6) is 0.650. The first-order chi connectivity index (χ1) is 9.34. The molecule has 1 aromatic heterocycles. The normalized spacial score (nSPS) is 26.3. The zero-order valence-electron chi connectivity index (χ0n) is 11.4. The van der Waals surface area contributed by atoms with Gasteiger partial charge in [0, 0.05) is 23.8 Å².